The van der Waals surface area contributed by atoms with E-state index in [9.17, 15) is 4.79 Å². The van der Waals surface area contributed by atoms with Gasteiger partial charge in [0.25, 0.3) is 5.91 Å². The Labute approximate surface area is 127 Å². The minimum atomic E-state index is 0.0154. The van der Waals surface area contributed by atoms with E-state index in [-0.39, 0.29) is 5.91 Å². The van der Waals surface area contributed by atoms with Gasteiger partial charge in [0.05, 0.1) is 0 Å². The summed E-state index contributed by atoms with van der Waals surface area (Å²) in [6.07, 6.45) is 7.23. The molecule has 4 heteroatoms. The average Bonchev–Trinajstić information content (AvgIpc) is 2.47. The van der Waals surface area contributed by atoms with Crippen LogP contribution in [-0.2, 0) is 0 Å². The molecule has 21 heavy (non-hydrogen) atoms. The van der Waals surface area contributed by atoms with Crippen LogP contribution >= 0.6 is 0 Å². The van der Waals surface area contributed by atoms with Crippen LogP contribution in [0.3, 0.4) is 0 Å². The lowest BCUT2D eigenvalue weighted by Gasteiger charge is -2.34. The molecule has 1 heterocycles. The summed E-state index contributed by atoms with van der Waals surface area (Å²) in [6.45, 7) is 7.59. The number of anilines is 1. The summed E-state index contributed by atoms with van der Waals surface area (Å²) in [5.41, 5.74) is 1.11. The summed E-state index contributed by atoms with van der Waals surface area (Å²) in [4.78, 5) is 16.6. The quantitative estimate of drug-likeness (QED) is 0.870. The van der Waals surface area contributed by atoms with Crippen LogP contribution in [-0.4, -0.2) is 23.5 Å². The maximum absolute atomic E-state index is 12.3. The molecule has 1 fully saturated rings. The van der Waals surface area contributed by atoms with Crippen molar-refractivity contribution in [1.82, 2.24) is 10.3 Å². The Kier molecular flexibility index (Phi) is 5.21. The van der Waals surface area contributed by atoms with Gasteiger partial charge in [0.1, 0.15) is 5.82 Å². The zero-order valence-corrected chi connectivity index (χ0v) is 13.4. The highest BCUT2D eigenvalue weighted by molar-refractivity contribution is 5.95. The van der Waals surface area contributed by atoms with Crippen LogP contribution in [0, 0.1) is 5.41 Å². The van der Waals surface area contributed by atoms with Gasteiger partial charge in [-0.15, -0.1) is 0 Å². The molecule has 0 unspecified atom stereocenters. The van der Waals surface area contributed by atoms with Crippen molar-refractivity contribution < 1.29 is 4.79 Å². The number of hydrogen-bond acceptors (Lipinski definition) is 3. The third-order valence-corrected chi connectivity index (χ3v) is 4.25. The second-order valence-corrected chi connectivity index (χ2v) is 6.77. The minimum Gasteiger partial charge on any atom is -0.370 e. The van der Waals surface area contributed by atoms with E-state index in [0.717, 1.165) is 31.6 Å². The van der Waals surface area contributed by atoms with Crippen LogP contribution in [0.1, 0.15) is 63.2 Å². The van der Waals surface area contributed by atoms with E-state index < -0.39 is 0 Å². The molecule has 1 aliphatic carbocycles. The van der Waals surface area contributed by atoms with Gasteiger partial charge in [-0.1, -0.05) is 20.8 Å². The smallest absolute Gasteiger partial charge is 0.251 e. The van der Waals surface area contributed by atoms with Crippen molar-refractivity contribution in [3.8, 4) is 0 Å². The first-order chi connectivity index (χ1) is 10.00. The molecule has 0 spiro atoms. The molecule has 1 amide bonds. The normalized spacial score (nSPS) is 18.2. The van der Waals surface area contributed by atoms with Crippen LogP contribution in [0.25, 0.3) is 0 Å². The van der Waals surface area contributed by atoms with Crippen LogP contribution in [0.2, 0.25) is 0 Å². The zero-order chi connectivity index (χ0) is 15.3. The van der Waals surface area contributed by atoms with E-state index in [4.69, 9.17) is 0 Å². The highest BCUT2D eigenvalue weighted by Crippen LogP contribution is 2.35. The standard InChI is InChI=1S/C17H27N3O/c1-4-10-18-15-12-13(7-11-19-15)16(21)20-14-5-8-17(2,3)9-6-14/h7,11-12,14H,4-6,8-10H2,1-3H3,(H,18,19)(H,20,21). The molecular formula is C17H27N3O. The maximum atomic E-state index is 12.3. The minimum absolute atomic E-state index is 0.0154. The lowest BCUT2D eigenvalue weighted by atomic mass is 9.75. The van der Waals surface area contributed by atoms with E-state index in [2.05, 4.69) is 36.4 Å². The van der Waals surface area contributed by atoms with Gasteiger partial charge in [0, 0.05) is 24.3 Å². The third kappa shape index (κ3) is 4.73. The number of rotatable bonds is 5. The molecule has 0 aliphatic heterocycles. The summed E-state index contributed by atoms with van der Waals surface area (Å²) in [7, 11) is 0. The molecular weight excluding hydrogens is 262 g/mol. The second-order valence-electron chi connectivity index (χ2n) is 6.77. The number of nitrogens with zero attached hydrogens (tertiary/aromatic N) is 1. The van der Waals surface area contributed by atoms with E-state index in [1.807, 2.05) is 6.07 Å². The van der Waals surface area contributed by atoms with Crippen molar-refractivity contribution in [3.05, 3.63) is 23.9 Å². The Bertz CT molecular complexity index is 475. The van der Waals surface area contributed by atoms with E-state index in [1.165, 1.54) is 12.8 Å². The van der Waals surface area contributed by atoms with Crippen molar-refractivity contribution in [3.63, 3.8) is 0 Å². The van der Waals surface area contributed by atoms with Crippen LogP contribution < -0.4 is 10.6 Å². The summed E-state index contributed by atoms with van der Waals surface area (Å²) >= 11 is 0. The average molecular weight is 289 g/mol. The molecule has 0 bridgehead atoms. The Hall–Kier alpha value is -1.58. The topological polar surface area (TPSA) is 54.0 Å². The molecule has 4 nitrogen and oxygen atoms in total. The number of hydrogen-bond donors (Lipinski definition) is 2. The van der Waals surface area contributed by atoms with Gasteiger partial charge in [-0.05, 0) is 49.7 Å². The molecule has 116 valence electrons. The number of nitrogens with one attached hydrogen (secondary N) is 2. The summed E-state index contributed by atoms with van der Waals surface area (Å²) < 4.78 is 0. The SMILES string of the molecule is CCCNc1cc(C(=O)NC2CCC(C)(C)CC2)ccn1. The lowest BCUT2D eigenvalue weighted by Crippen LogP contribution is -2.39. The number of pyridine rings is 1. The van der Waals surface area contributed by atoms with Crippen molar-refractivity contribution in [2.45, 2.75) is 58.9 Å². The predicted molar refractivity (Wildman–Crippen MR) is 86.5 cm³/mol. The van der Waals surface area contributed by atoms with E-state index in [0.29, 0.717) is 17.0 Å². The molecule has 1 aromatic heterocycles. The summed E-state index contributed by atoms with van der Waals surface area (Å²) in [5, 5.41) is 6.37. The summed E-state index contributed by atoms with van der Waals surface area (Å²) in [6, 6.07) is 3.92. The van der Waals surface area contributed by atoms with E-state index in [1.54, 1.807) is 12.3 Å². The van der Waals surface area contributed by atoms with Gasteiger partial charge in [0.15, 0.2) is 0 Å². The Morgan fingerprint density at radius 3 is 2.76 bits per heavy atom. The highest BCUT2D eigenvalue weighted by atomic mass is 16.1. The van der Waals surface area contributed by atoms with Gasteiger partial charge in [-0.2, -0.15) is 0 Å². The number of amides is 1. The van der Waals surface area contributed by atoms with Crippen molar-refractivity contribution in [1.29, 1.82) is 0 Å². The fourth-order valence-electron chi connectivity index (χ4n) is 2.73. The molecule has 0 radical (unpaired) electrons. The molecule has 2 rings (SSSR count). The first-order valence-electron chi connectivity index (χ1n) is 8.01. The number of carbonyl (C=O) groups is 1. The van der Waals surface area contributed by atoms with Gasteiger partial charge in [0.2, 0.25) is 0 Å². The van der Waals surface area contributed by atoms with Gasteiger partial charge >= 0.3 is 0 Å². The largest absolute Gasteiger partial charge is 0.370 e. The Morgan fingerprint density at radius 2 is 2.10 bits per heavy atom. The third-order valence-electron chi connectivity index (χ3n) is 4.25. The lowest BCUT2D eigenvalue weighted by molar-refractivity contribution is 0.0909. The maximum Gasteiger partial charge on any atom is 0.251 e. The zero-order valence-electron chi connectivity index (χ0n) is 13.4. The highest BCUT2D eigenvalue weighted by Gasteiger charge is 2.27. The monoisotopic (exact) mass is 289 g/mol. The summed E-state index contributed by atoms with van der Waals surface area (Å²) in [5.74, 6) is 0.788. The predicted octanol–water partition coefficient (Wildman–Crippen LogP) is 3.60. The Morgan fingerprint density at radius 1 is 1.38 bits per heavy atom. The first-order valence-corrected chi connectivity index (χ1v) is 8.01. The van der Waals surface area contributed by atoms with Gasteiger partial charge < -0.3 is 10.6 Å². The number of aromatic nitrogens is 1. The van der Waals surface area contributed by atoms with Crippen LogP contribution in [0.15, 0.2) is 18.3 Å². The molecule has 1 saturated carbocycles. The van der Waals surface area contributed by atoms with Crippen molar-refractivity contribution in [2.75, 3.05) is 11.9 Å². The second kappa shape index (κ2) is 6.92. The molecule has 1 aliphatic rings. The van der Waals surface area contributed by atoms with Gasteiger partial charge in [-0.3, -0.25) is 4.79 Å². The van der Waals surface area contributed by atoms with Crippen molar-refractivity contribution in [2.24, 2.45) is 5.41 Å². The molecule has 0 aromatic carbocycles. The fraction of sp³-hybridized carbons (Fsp3) is 0.647. The first kappa shape index (κ1) is 15.8. The fourth-order valence-corrected chi connectivity index (χ4v) is 2.73. The van der Waals surface area contributed by atoms with E-state index >= 15 is 0 Å². The Balaban J connectivity index is 1.91. The van der Waals surface area contributed by atoms with Crippen LogP contribution in [0.5, 0.6) is 0 Å². The number of carbonyl (C=O) groups excluding carboxylic acids is 1. The van der Waals surface area contributed by atoms with Crippen molar-refractivity contribution >= 4 is 11.7 Å². The van der Waals surface area contributed by atoms with Gasteiger partial charge in [-0.25, -0.2) is 4.98 Å². The van der Waals surface area contributed by atoms with Crippen LogP contribution in [0.4, 0.5) is 5.82 Å². The molecule has 1 aromatic rings. The molecule has 2 N–H and O–H groups in total. The molecule has 0 saturated heterocycles. The molecule has 0 atom stereocenters.